The van der Waals surface area contributed by atoms with Gasteiger partial charge in [0.15, 0.2) is 0 Å². The Balaban J connectivity index is 1.46. The SMILES string of the molecule is CC(C)N1CCC(Oc2ccc(N3CCN(C(=O)OC(C)(C)C)CC3)cc2)CC1. The van der Waals surface area contributed by atoms with Crippen LogP contribution in [-0.2, 0) is 4.74 Å². The Morgan fingerprint density at radius 3 is 2.07 bits per heavy atom. The average molecular weight is 404 g/mol. The molecule has 1 amide bonds. The lowest BCUT2D eigenvalue weighted by Crippen LogP contribution is -2.50. The predicted molar refractivity (Wildman–Crippen MR) is 117 cm³/mol. The number of benzene rings is 1. The summed E-state index contributed by atoms with van der Waals surface area (Å²) in [4.78, 5) is 18.8. The van der Waals surface area contributed by atoms with Gasteiger partial charge < -0.3 is 24.2 Å². The lowest BCUT2D eigenvalue weighted by Gasteiger charge is -2.37. The number of rotatable bonds is 4. The summed E-state index contributed by atoms with van der Waals surface area (Å²) in [6, 6.07) is 9.02. The lowest BCUT2D eigenvalue weighted by molar-refractivity contribution is 0.0240. The summed E-state index contributed by atoms with van der Waals surface area (Å²) in [6.07, 6.45) is 2.27. The molecule has 2 fully saturated rings. The van der Waals surface area contributed by atoms with Gasteiger partial charge in [-0.25, -0.2) is 4.79 Å². The van der Waals surface area contributed by atoms with Gasteiger partial charge in [-0.3, -0.25) is 0 Å². The molecule has 2 saturated heterocycles. The number of ether oxygens (including phenoxy) is 2. The average Bonchev–Trinajstić information content (AvgIpc) is 2.68. The smallest absolute Gasteiger partial charge is 0.410 e. The maximum atomic E-state index is 12.2. The highest BCUT2D eigenvalue weighted by Gasteiger charge is 2.26. The van der Waals surface area contributed by atoms with Crippen LogP contribution in [0.1, 0.15) is 47.5 Å². The molecule has 0 unspecified atom stereocenters. The second-order valence-corrected chi connectivity index (χ2v) is 9.40. The highest BCUT2D eigenvalue weighted by atomic mass is 16.6. The molecular weight excluding hydrogens is 366 g/mol. The van der Waals surface area contributed by atoms with Crippen LogP contribution in [0.15, 0.2) is 24.3 Å². The second-order valence-electron chi connectivity index (χ2n) is 9.40. The molecule has 2 aliphatic heterocycles. The van der Waals surface area contributed by atoms with Crippen molar-refractivity contribution in [3.63, 3.8) is 0 Å². The Kier molecular flexibility index (Phi) is 6.93. The molecule has 1 aromatic carbocycles. The van der Waals surface area contributed by atoms with E-state index in [9.17, 15) is 4.79 Å². The highest BCUT2D eigenvalue weighted by Crippen LogP contribution is 2.24. The van der Waals surface area contributed by atoms with Crippen LogP contribution in [0.3, 0.4) is 0 Å². The van der Waals surface area contributed by atoms with E-state index in [1.54, 1.807) is 4.90 Å². The first-order valence-electron chi connectivity index (χ1n) is 10.9. The summed E-state index contributed by atoms with van der Waals surface area (Å²) in [5.74, 6) is 0.948. The van der Waals surface area contributed by atoms with E-state index in [0.717, 1.165) is 44.8 Å². The first-order valence-corrected chi connectivity index (χ1v) is 10.9. The Morgan fingerprint density at radius 1 is 0.966 bits per heavy atom. The molecule has 0 saturated carbocycles. The van der Waals surface area contributed by atoms with Crippen molar-refractivity contribution in [1.82, 2.24) is 9.80 Å². The van der Waals surface area contributed by atoms with Crippen molar-refractivity contribution in [1.29, 1.82) is 0 Å². The van der Waals surface area contributed by atoms with Crippen LogP contribution >= 0.6 is 0 Å². The third kappa shape index (κ3) is 6.26. The Morgan fingerprint density at radius 2 is 1.55 bits per heavy atom. The second kappa shape index (κ2) is 9.24. The molecule has 1 aromatic rings. The zero-order valence-corrected chi connectivity index (χ0v) is 18.7. The van der Waals surface area contributed by atoms with Crippen molar-refractivity contribution in [2.45, 2.75) is 65.2 Å². The van der Waals surface area contributed by atoms with E-state index in [1.165, 1.54) is 5.69 Å². The summed E-state index contributed by atoms with van der Waals surface area (Å²) >= 11 is 0. The molecule has 0 N–H and O–H groups in total. The zero-order chi connectivity index (χ0) is 21.0. The van der Waals surface area contributed by atoms with Crippen LogP contribution in [0.2, 0.25) is 0 Å². The zero-order valence-electron chi connectivity index (χ0n) is 18.7. The minimum Gasteiger partial charge on any atom is -0.490 e. The monoisotopic (exact) mass is 403 g/mol. The fraction of sp³-hybridized carbons (Fsp3) is 0.696. The lowest BCUT2D eigenvalue weighted by atomic mass is 10.1. The van der Waals surface area contributed by atoms with Gasteiger partial charge in [0.05, 0.1) is 0 Å². The van der Waals surface area contributed by atoms with Gasteiger partial charge in [0.2, 0.25) is 0 Å². The van der Waals surface area contributed by atoms with Crippen LogP contribution in [0.5, 0.6) is 5.75 Å². The number of hydrogen-bond donors (Lipinski definition) is 0. The molecule has 6 heteroatoms. The van der Waals surface area contributed by atoms with Crippen LogP contribution in [0, 0.1) is 0 Å². The Bertz CT molecular complexity index is 653. The molecule has 0 radical (unpaired) electrons. The molecule has 29 heavy (non-hydrogen) atoms. The van der Waals surface area contributed by atoms with Gasteiger partial charge in [0.25, 0.3) is 0 Å². The number of likely N-dealkylation sites (tertiary alicyclic amines) is 1. The molecule has 0 spiro atoms. The van der Waals surface area contributed by atoms with E-state index < -0.39 is 5.60 Å². The van der Waals surface area contributed by atoms with E-state index in [2.05, 4.69) is 47.9 Å². The minimum absolute atomic E-state index is 0.218. The maximum absolute atomic E-state index is 12.2. The molecule has 2 heterocycles. The van der Waals surface area contributed by atoms with Gasteiger partial charge in [0.1, 0.15) is 17.5 Å². The van der Waals surface area contributed by atoms with Crippen molar-refractivity contribution in [3.05, 3.63) is 24.3 Å². The summed E-state index contributed by atoms with van der Waals surface area (Å²) in [5.41, 5.74) is 0.728. The van der Waals surface area contributed by atoms with E-state index in [1.807, 2.05) is 20.8 Å². The fourth-order valence-corrected chi connectivity index (χ4v) is 3.91. The molecule has 3 rings (SSSR count). The van der Waals surface area contributed by atoms with Gasteiger partial charge in [-0.2, -0.15) is 0 Å². The van der Waals surface area contributed by atoms with Crippen LogP contribution < -0.4 is 9.64 Å². The van der Waals surface area contributed by atoms with Crippen molar-refractivity contribution < 1.29 is 14.3 Å². The van der Waals surface area contributed by atoms with E-state index in [-0.39, 0.29) is 6.09 Å². The third-order valence-corrected chi connectivity index (χ3v) is 5.64. The number of carbonyl (C=O) groups is 1. The molecule has 0 atom stereocenters. The number of amides is 1. The molecule has 6 nitrogen and oxygen atoms in total. The first kappa shape index (κ1) is 21.8. The van der Waals surface area contributed by atoms with Crippen molar-refractivity contribution in [3.8, 4) is 5.75 Å². The van der Waals surface area contributed by atoms with Gasteiger partial charge >= 0.3 is 6.09 Å². The molecule has 0 aromatic heterocycles. The van der Waals surface area contributed by atoms with Gasteiger partial charge in [0, 0.05) is 51.0 Å². The van der Waals surface area contributed by atoms with Gasteiger partial charge in [-0.15, -0.1) is 0 Å². The summed E-state index contributed by atoms with van der Waals surface area (Å²) in [5, 5.41) is 0. The van der Waals surface area contributed by atoms with E-state index in [4.69, 9.17) is 9.47 Å². The minimum atomic E-state index is -0.449. The summed E-state index contributed by atoms with van der Waals surface area (Å²) in [6.45, 7) is 15.4. The van der Waals surface area contributed by atoms with Crippen molar-refractivity contribution >= 4 is 11.8 Å². The largest absolute Gasteiger partial charge is 0.490 e. The van der Waals surface area contributed by atoms with Crippen molar-refractivity contribution in [2.24, 2.45) is 0 Å². The maximum Gasteiger partial charge on any atom is 0.410 e. The Labute approximate surface area is 175 Å². The fourth-order valence-electron chi connectivity index (χ4n) is 3.91. The first-order chi connectivity index (χ1) is 13.7. The molecular formula is C23H37N3O3. The number of anilines is 1. The summed E-state index contributed by atoms with van der Waals surface area (Å²) in [7, 11) is 0. The van der Waals surface area contributed by atoms with Crippen LogP contribution in [0.4, 0.5) is 10.5 Å². The molecule has 0 bridgehead atoms. The van der Waals surface area contributed by atoms with E-state index in [0.29, 0.717) is 25.2 Å². The topological polar surface area (TPSA) is 45.2 Å². The quantitative estimate of drug-likeness (QED) is 0.760. The number of hydrogen-bond acceptors (Lipinski definition) is 5. The molecule has 0 aliphatic carbocycles. The number of piperazine rings is 1. The van der Waals surface area contributed by atoms with Crippen molar-refractivity contribution in [2.75, 3.05) is 44.2 Å². The predicted octanol–water partition coefficient (Wildman–Crippen LogP) is 4.00. The molecule has 2 aliphatic rings. The highest BCUT2D eigenvalue weighted by molar-refractivity contribution is 5.68. The standard InChI is InChI=1S/C23H37N3O3/c1-18(2)24-12-10-21(11-13-24)28-20-8-6-19(7-9-20)25-14-16-26(17-15-25)22(27)29-23(3,4)5/h6-9,18,21H,10-17H2,1-5H3. The van der Waals surface area contributed by atoms with Gasteiger partial charge in [-0.1, -0.05) is 0 Å². The third-order valence-electron chi connectivity index (χ3n) is 5.64. The Hall–Kier alpha value is -1.95. The number of nitrogens with zero attached hydrogens (tertiary/aromatic N) is 3. The van der Waals surface area contributed by atoms with Crippen LogP contribution in [-0.4, -0.2) is 72.9 Å². The number of piperidine rings is 1. The molecule has 162 valence electrons. The normalized spacial score (nSPS) is 19.5. The number of carbonyl (C=O) groups excluding carboxylic acids is 1. The van der Waals surface area contributed by atoms with Gasteiger partial charge in [-0.05, 0) is 71.7 Å². The van der Waals surface area contributed by atoms with E-state index >= 15 is 0 Å². The van der Waals surface area contributed by atoms with Crippen LogP contribution in [0.25, 0.3) is 0 Å². The summed E-state index contributed by atoms with van der Waals surface area (Å²) < 4.78 is 11.7.